The molecule has 11 N–H and O–H groups in total. The molecule has 0 bridgehead atoms. The first-order valence-corrected chi connectivity index (χ1v) is 26.4. The van der Waals surface area contributed by atoms with Gasteiger partial charge in [0.25, 0.3) is 0 Å². The van der Waals surface area contributed by atoms with Gasteiger partial charge in [0.05, 0.1) is 57.0 Å². The van der Waals surface area contributed by atoms with Crippen LogP contribution in [0.25, 0.3) is 21.5 Å². The number of carbonyl (C=O) groups excluding carboxylic acids is 7. The molecule has 2 aromatic heterocycles. The number of nitrogens with two attached hydrogens (primary N) is 3. The van der Waals surface area contributed by atoms with Crippen LogP contribution in [-0.4, -0.2) is 143 Å². The standard InChI is InChI=1S/C23H39N5O8.2C12H10O6.C10H2O6/c1-14-15(28-21(25)26)12-16(20(29)32-2)34-18(14)19(17-13-33-23(31)35-17)36-22(30)27-11-9-7-5-3-4-6-8-10-24;1-5(13)7-3-10(12(17)18)8(6(2)14)4-9(7)11(15)16;1-5(13)7-3-8(6(2)14)10(12(17)18)4-9(7)11(15)16;11-7-3-1-4-6(10(14)16-8(4)12)2-5(3)9(13)15-7/h12,14-15,17-19H,3-11,13,24H2,1-2H3,(H,27,30)(H4,25,26,28);2*3-4H,1-2H3,(H,15,16)(H,17,18);1-2H/t14-,15+,17-,18?,19-;;;/m1.../s1. The summed E-state index contributed by atoms with van der Waals surface area (Å²) in [6, 6.07) is 5.29. The second-order valence-electron chi connectivity index (χ2n) is 19.4. The number of nitrogens with one attached hydrogen (secondary N) is 1. The van der Waals surface area contributed by atoms with Crippen LogP contribution in [0.1, 0.15) is 162 Å². The number of carboxylic acids is 4. The van der Waals surface area contributed by atoms with E-state index in [1.54, 1.807) is 6.92 Å². The van der Waals surface area contributed by atoms with E-state index < -0.39 is 129 Å². The zero-order chi connectivity index (χ0) is 66.0. The number of guanidine groups is 1. The molecule has 1 fully saturated rings. The number of aromatic carboxylic acids is 4. The fraction of sp³-hybridized carbons (Fsp3) is 0.368. The second-order valence-corrected chi connectivity index (χ2v) is 19.4. The minimum atomic E-state index is -1.42. The first kappa shape index (κ1) is 69.8. The van der Waals surface area contributed by atoms with Gasteiger partial charge in [0.15, 0.2) is 41.3 Å². The average molecular weight is 1230 g/mol. The molecule has 2 aliphatic heterocycles. The lowest BCUT2D eigenvalue weighted by atomic mass is 9.87. The summed E-state index contributed by atoms with van der Waals surface area (Å²) in [5.74, 6) is -9.45. The number of hydrogen-bond donors (Lipinski definition) is 8. The zero-order valence-corrected chi connectivity index (χ0v) is 47.9. The van der Waals surface area contributed by atoms with Crippen molar-refractivity contribution in [2.75, 3.05) is 26.8 Å². The van der Waals surface area contributed by atoms with Crippen molar-refractivity contribution in [1.29, 1.82) is 0 Å². The summed E-state index contributed by atoms with van der Waals surface area (Å²) in [5.41, 5.74) is 10.9. The number of nitrogens with zero attached hydrogens (tertiary/aromatic N) is 1. The summed E-state index contributed by atoms with van der Waals surface area (Å²) in [6.45, 7) is 7.28. The van der Waals surface area contributed by atoms with Gasteiger partial charge in [0.1, 0.15) is 12.7 Å². The molecule has 31 nitrogen and oxygen atoms in total. The van der Waals surface area contributed by atoms with Crippen molar-refractivity contribution in [2.24, 2.45) is 28.1 Å². The van der Waals surface area contributed by atoms with Gasteiger partial charge in [-0.15, -0.1) is 0 Å². The number of benzene rings is 3. The number of methoxy groups -OCH3 is 1. The van der Waals surface area contributed by atoms with Crippen LogP contribution in [0.4, 0.5) is 9.59 Å². The van der Waals surface area contributed by atoms with Crippen LogP contribution in [-0.2, 0) is 28.5 Å². The number of rotatable bonds is 22. The van der Waals surface area contributed by atoms with E-state index in [1.165, 1.54) is 13.2 Å². The first-order chi connectivity index (χ1) is 41.3. The van der Waals surface area contributed by atoms with Crippen molar-refractivity contribution < 1.29 is 106 Å². The number of ether oxygens (including phenoxy) is 5. The fourth-order valence-electron chi connectivity index (χ4n) is 8.81. The van der Waals surface area contributed by atoms with Crippen LogP contribution in [0, 0.1) is 5.92 Å². The topological polar surface area (TPSA) is 512 Å². The summed E-state index contributed by atoms with van der Waals surface area (Å²) in [7, 11) is 1.20. The van der Waals surface area contributed by atoms with E-state index in [-0.39, 0.29) is 73.3 Å². The minimum absolute atomic E-state index is 0.0181. The van der Waals surface area contributed by atoms with Crippen molar-refractivity contribution >= 4 is 92.7 Å². The van der Waals surface area contributed by atoms with Gasteiger partial charge < -0.3 is 75.5 Å². The highest BCUT2D eigenvalue weighted by molar-refractivity contribution is 6.13. The van der Waals surface area contributed by atoms with Gasteiger partial charge in [-0.3, -0.25) is 19.2 Å². The Morgan fingerprint density at radius 1 is 0.580 bits per heavy atom. The third-order valence-electron chi connectivity index (χ3n) is 13.2. The number of esters is 1. The van der Waals surface area contributed by atoms with Crippen molar-refractivity contribution in [3.8, 4) is 0 Å². The van der Waals surface area contributed by atoms with Gasteiger partial charge in [-0.2, -0.15) is 0 Å². The van der Waals surface area contributed by atoms with E-state index >= 15 is 0 Å². The van der Waals surface area contributed by atoms with Gasteiger partial charge >= 0.3 is 64.6 Å². The number of fused-ring (bicyclic) bond motifs is 2. The molecule has 4 heterocycles. The molecule has 5 atom stereocenters. The number of Topliss-reactive ketones (excluding diaryl/α,β-unsaturated/α-hetero) is 4. The smallest absolute Gasteiger partial charge is 0.479 e. The summed E-state index contributed by atoms with van der Waals surface area (Å²) in [5, 5.41) is 38.4. The Labute approximate surface area is 495 Å². The maximum Gasteiger partial charge on any atom is 0.508 e. The molecule has 0 aliphatic carbocycles. The predicted molar refractivity (Wildman–Crippen MR) is 304 cm³/mol. The van der Waals surface area contributed by atoms with Crippen molar-refractivity contribution in [3.05, 3.63) is 134 Å². The molecule has 1 saturated heterocycles. The van der Waals surface area contributed by atoms with Gasteiger partial charge in [0.2, 0.25) is 5.76 Å². The van der Waals surface area contributed by atoms with Crippen molar-refractivity contribution in [2.45, 2.75) is 104 Å². The quantitative estimate of drug-likeness (QED) is 0.0123. The number of amides is 1. The minimum Gasteiger partial charge on any atom is -0.479 e. The molecule has 7 rings (SSSR count). The number of carbonyl (C=O) groups is 11. The Morgan fingerprint density at radius 3 is 1.30 bits per heavy atom. The molecule has 88 heavy (non-hydrogen) atoms. The van der Waals surface area contributed by atoms with E-state index in [4.69, 9.17) is 61.3 Å². The Morgan fingerprint density at radius 2 is 0.955 bits per heavy atom. The number of unbranched alkanes of at least 4 members (excludes halogenated alkanes) is 6. The molecule has 31 heteroatoms. The number of hydrogen-bond acceptors (Lipinski definition) is 24. The number of aliphatic imine (C=N–C) groups is 1. The highest BCUT2D eigenvalue weighted by atomic mass is 16.8. The predicted octanol–water partition coefficient (Wildman–Crippen LogP) is 3.51. The van der Waals surface area contributed by atoms with Gasteiger partial charge in [-0.25, -0.2) is 57.7 Å². The van der Waals surface area contributed by atoms with Crippen LogP contribution in [0.5, 0.6) is 0 Å². The summed E-state index contributed by atoms with van der Waals surface area (Å²) >= 11 is 0. The lowest BCUT2D eigenvalue weighted by Gasteiger charge is -2.38. The van der Waals surface area contributed by atoms with Crippen molar-refractivity contribution in [3.63, 3.8) is 0 Å². The van der Waals surface area contributed by atoms with E-state index in [0.717, 1.165) is 116 Å². The largest absolute Gasteiger partial charge is 0.508 e. The van der Waals surface area contributed by atoms with Crippen LogP contribution in [0.15, 0.2) is 81.2 Å². The maximum absolute atomic E-state index is 12.6. The SMILES string of the molecule is CC(=O)c1cc(C(=O)O)c(C(C)=O)cc1C(=O)O.CC(=O)c1cc(C(C)=O)c(C(=O)O)cc1C(=O)O.COC(=O)C1=C[C@H](N=C(N)N)[C@@H](C)C([C@H](OC(=O)NCCCCCCCCCN)[C@H]2COC(=O)O2)O1.O=c1oc(=O)c2cc3c(=O)oc(=O)c3cc12. The number of carboxylic acid groups (broad SMARTS) is 4. The molecular weight excluding hydrogens is 1170 g/mol. The number of ketones is 4. The van der Waals surface area contributed by atoms with E-state index in [9.17, 15) is 71.9 Å². The number of alkyl carbamates (subject to hydrolysis) is 1. The van der Waals surface area contributed by atoms with Gasteiger partial charge in [-0.1, -0.05) is 39.0 Å². The number of furan rings is 2. The molecular formula is C57H61N5O26. The Balaban J connectivity index is 0.000000269. The summed E-state index contributed by atoms with van der Waals surface area (Å²) in [6.07, 6.45) is 4.09. The molecule has 1 amide bonds. The normalized spacial score (nSPS) is 15.9. The fourth-order valence-corrected chi connectivity index (χ4v) is 8.81. The van der Waals surface area contributed by atoms with Crippen LogP contribution in [0.3, 0.4) is 0 Å². The van der Waals surface area contributed by atoms with Gasteiger partial charge in [-0.05, 0) is 89.6 Å². The molecule has 470 valence electrons. The third kappa shape index (κ3) is 18.1. The first-order valence-electron chi connectivity index (χ1n) is 26.4. The van der Waals surface area contributed by atoms with E-state index in [2.05, 4.69) is 19.1 Å². The van der Waals surface area contributed by atoms with E-state index in [1.807, 2.05) is 0 Å². The molecule has 0 saturated carbocycles. The summed E-state index contributed by atoms with van der Waals surface area (Å²) < 4.78 is 35.0. The highest BCUT2D eigenvalue weighted by Crippen LogP contribution is 2.33. The lowest BCUT2D eigenvalue weighted by molar-refractivity contribution is -0.147. The van der Waals surface area contributed by atoms with Crippen molar-refractivity contribution in [1.82, 2.24) is 5.32 Å². The van der Waals surface area contributed by atoms with E-state index in [0.29, 0.717) is 6.54 Å². The monoisotopic (exact) mass is 1230 g/mol. The van der Waals surface area contributed by atoms with Crippen LogP contribution < -0.4 is 45.0 Å². The molecule has 1 unspecified atom stereocenters. The Hall–Kier alpha value is -10.7. The zero-order valence-electron chi connectivity index (χ0n) is 47.9. The lowest BCUT2D eigenvalue weighted by Crippen LogP contribution is -2.52. The molecule has 0 radical (unpaired) electrons. The Bertz CT molecular complexity index is 3390. The highest BCUT2D eigenvalue weighted by Gasteiger charge is 2.48. The van der Waals surface area contributed by atoms with Crippen LogP contribution in [0.2, 0.25) is 0 Å². The molecule has 0 spiro atoms. The molecule has 3 aromatic carbocycles. The number of cyclic esters (lactones) is 2. The average Bonchev–Trinajstić information content (AvgIpc) is 3.15. The van der Waals surface area contributed by atoms with Crippen LogP contribution >= 0.6 is 0 Å². The maximum atomic E-state index is 12.6. The van der Waals surface area contributed by atoms with Gasteiger partial charge in [0, 0.05) is 34.7 Å². The summed E-state index contributed by atoms with van der Waals surface area (Å²) in [4.78, 5) is 174. The second kappa shape index (κ2) is 31.4. The molecule has 5 aromatic rings. The third-order valence-corrected chi connectivity index (χ3v) is 13.2. The Kier molecular flexibility index (Phi) is 24.9. The molecule has 2 aliphatic rings.